The third-order valence-electron chi connectivity index (χ3n) is 4.28. The first-order valence-electron chi connectivity index (χ1n) is 8.46. The number of nitrogens with one attached hydrogen (secondary N) is 1. The van der Waals surface area contributed by atoms with Crippen LogP contribution in [0.15, 0.2) is 39.5 Å². The second-order valence-corrected chi connectivity index (χ2v) is 8.10. The van der Waals surface area contributed by atoms with Crippen molar-refractivity contribution in [3.63, 3.8) is 0 Å². The lowest BCUT2D eigenvalue weighted by molar-refractivity contribution is 0.394. The molecule has 1 N–H and O–H groups in total. The lowest BCUT2D eigenvalue weighted by Gasteiger charge is -2.04. The second kappa shape index (κ2) is 7.09. The highest BCUT2D eigenvalue weighted by atomic mass is 32.1. The van der Waals surface area contributed by atoms with E-state index in [-0.39, 0.29) is 0 Å². The molecule has 0 amide bonds. The maximum absolute atomic E-state index is 5.23. The number of hydrogen-bond donors (Lipinski definition) is 1. The normalized spacial score (nSPS) is 11.2. The summed E-state index contributed by atoms with van der Waals surface area (Å²) in [5.74, 6) is 1.62. The molecule has 0 spiro atoms. The number of anilines is 1. The van der Waals surface area contributed by atoms with E-state index in [4.69, 9.17) is 9.51 Å². The molecule has 0 radical (unpaired) electrons. The minimum atomic E-state index is 0.805. The summed E-state index contributed by atoms with van der Waals surface area (Å²) >= 11 is 3.44. The molecule has 26 heavy (non-hydrogen) atoms. The molecule has 4 heterocycles. The van der Waals surface area contributed by atoms with Gasteiger partial charge < -0.3 is 9.84 Å². The van der Waals surface area contributed by atoms with Crippen LogP contribution in [0.2, 0.25) is 0 Å². The summed E-state index contributed by atoms with van der Waals surface area (Å²) in [4.78, 5) is 6.16. The Bertz CT molecular complexity index is 1010. The maximum atomic E-state index is 5.23. The molecule has 4 aromatic rings. The number of thiophene rings is 1. The summed E-state index contributed by atoms with van der Waals surface area (Å²) in [7, 11) is 0. The lowest BCUT2D eigenvalue weighted by atomic mass is 10.2. The Balaban J connectivity index is 1.52. The Hall–Kier alpha value is -2.38. The van der Waals surface area contributed by atoms with E-state index in [0.717, 1.165) is 52.3 Å². The van der Waals surface area contributed by atoms with Crippen LogP contribution in [0, 0.1) is 20.8 Å². The number of rotatable bonds is 6. The van der Waals surface area contributed by atoms with Crippen molar-refractivity contribution in [2.75, 3.05) is 11.9 Å². The van der Waals surface area contributed by atoms with Crippen molar-refractivity contribution in [2.24, 2.45) is 0 Å². The van der Waals surface area contributed by atoms with E-state index in [0.29, 0.717) is 0 Å². The Morgan fingerprint density at radius 1 is 1.19 bits per heavy atom. The highest BCUT2D eigenvalue weighted by Gasteiger charge is 2.16. The smallest absolute Gasteiger partial charge is 0.183 e. The van der Waals surface area contributed by atoms with Gasteiger partial charge in [-0.3, -0.25) is 4.57 Å². The predicted octanol–water partition coefficient (Wildman–Crippen LogP) is 5.23. The van der Waals surface area contributed by atoms with Gasteiger partial charge in [0.15, 0.2) is 10.9 Å². The molecule has 0 aliphatic heterocycles. The molecule has 0 fully saturated rings. The topological polar surface area (TPSA) is 55.9 Å². The van der Waals surface area contributed by atoms with E-state index in [9.17, 15) is 0 Å². The van der Waals surface area contributed by atoms with Crippen LogP contribution in [0.3, 0.4) is 0 Å². The van der Waals surface area contributed by atoms with Gasteiger partial charge in [-0.25, -0.2) is 4.98 Å². The van der Waals surface area contributed by atoms with Crippen molar-refractivity contribution in [1.29, 1.82) is 0 Å². The lowest BCUT2D eigenvalue weighted by Crippen LogP contribution is -2.03. The molecule has 0 bridgehead atoms. The van der Waals surface area contributed by atoms with E-state index in [1.807, 2.05) is 13.0 Å². The number of nitrogens with zero attached hydrogens (tertiary/aromatic N) is 3. The largest absolute Gasteiger partial charge is 0.361 e. The fourth-order valence-electron chi connectivity index (χ4n) is 3.06. The third kappa shape index (κ3) is 3.32. The molecule has 0 aliphatic carbocycles. The first kappa shape index (κ1) is 17.1. The molecular formula is C19H20N4OS2. The van der Waals surface area contributed by atoms with Crippen LogP contribution in [0.5, 0.6) is 0 Å². The minimum Gasteiger partial charge on any atom is -0.361 e. The summed E-state index contributed by atoms with van der Waals surface area (Å²) in [6, 6.07) is 8.36. The van der Waals surface area contributed by atoms with Gasteiger partial charge in [0.2, 0.25) is 0 Å². The zero-order valence-electron chi connectivity index (χ0n) is 14.9. The van der Waals surface area contributed by atoms with Crippen LogP contribution in [-0.2, 0) is 6.42 Å². The van der Waals surface area contributed by atoms with Gasteiger partial charge in [0, 0.05) is 39.8 Å². The zero-order valence-corrected chi connectivity index (χ0v) is 16.6. The molecule has 0 saturated carbocycles. The van der Waals surface area contributed by atoms with E-state index >= 15 is 0 Å². The molecule has 0 saturated heterocycles. The molecule has 134 valence electrons. The summed E-state index contributed by atoms with van der Waals surface area (Å²) < 4.78 is 7.34. The van der Waals surface area contributed by atoms with Gasteiger partial charge in [-0.05, 0) is 44.7 Å². The quantitative estimate of drug-likeness (QED) is 0.494. The standard InChI is InChI=1S/C19H20N4OS2/c1-12-9-16(14(3)23(12)18-10-13(2)24-22-18)17-11-26-19(21-17)20-7-6-15-5-4-8-25-15/h4-5,8-11H,6-7H2,1-3H3,(H,20,21). The van der Waals surface area contributed by atoms with Crippen molar-refractivity contribution in [3.05, 3.63) is 57.1 Å². The maximum Gasteiger partial charge on any atom is 0.183 e. The van der Waals surface area contributed by atoms with Gasteiger partial charge in [-0.1, -0.05) is 11.2 Å². The van der Waals surface area contributed by atoms with Gasteiger partial charge >= 0.3 is 0 Å². The van der Waals surface area contributed by atoms with Crippen LogP contribution < -0.4 is 5.32 Å². The Kier molecular flexibility index (Phi) is 4.65. The molecule has 7 heteroatoms. The average Bonchev–Trinajstić information content (AvgIpc) is 3.37. The van der Waals surface area contributed by atoms with Gasteiger partial charge in [-0.15, -0.1) is 22.7 Å². The predicted molar refractivity (Wildman–Crippen MR) is 108 cm³/mol. The van der Waals surface area contributed by atoms with Crippen LogP contribution in [-0.4, -0.2) is 21.3 Å². The van der Waals surface area contributed by atoms with Gasteiger partial charge in [0.25, 0.3) is 0 Å². The molecule has 5 nitrogen and oxygen atoms in total. The fraction of sp³-hybridized carbons (Fsp3) is 0.263. The molecular weight excluding hydrogens is 364 g/mol. The van der Waals surface area contributed by atoms with Crippen LogP contribution >= 0.6 is 22.7 Å². The number of aryl methyl sites for hydroxylation is 2. The molecule has 4 aromatic heterocycles. The fourth-order valence-corrected chi connectivity index (χ4v) is 4.51. The van der Waals surface area contributed by atoms with E-state index in [1.165, 1.54) is 4.88 Å². The van der Waals surface area contributed by atoms with E-state index < -0.39 is 0 Å². The zero-order chi connectivity index (χ0) is 18.1. The summed E-state index contributed by atoms with van der Waals surface area (Å²) in [6.45, 7) is 6.97. The van der Waals surface area contributed by atoms with Crippen LogP contribution in [0.1, 0.15) is 22.0 Å². The summed E-state index contributed by atoms with van der Waals surface area (Å²) in [6.07, 6.45) is 1.02. The minimum absolute atomic E-state index is 0.805. The SMILES string of the molecule is Cc1cc(-n2c(C)cc(-c3csc(NCCc4cccs4)n3)c2C)no1. The van der Waals surface area contributed by atoms with Gasteiger partial charge in [0.05, 0.1) is 5.69 Å². The Labute approximate surface area is 160 Å². The molecule has 4 rings (SSSR count). The van der Waals surface area contributed by atoms with Crippen LogP contribution in [0.25, 0.3) is 17.1 Å². The van der Waals surface area contributed by atoms with Gasteiger partial charge in [-0.2, -0.15) is 0 Å². The average molecular weight is 385 g/mol. The van der Waals surface area contributed by atoms with Crippen molar-refractivity contribution in [3.8, 4) is 17.1 Å². The Morgan fingerprint density at radius 2 is 2.08 bits per heavy atom. The summed E-state index contributed by atoms with van der Waals surface area (Å²) in [5.41, 5.74) is 4.36. The monoisotopic (exact) mass is 384 g/mol. The van der Waals surface area contributed by atoms with E-state index in [2.05, 4.69) is 57.8 Å². The van der Waals surface area contributed by atoms with Crippen molar-refractivity contribution in [2.45, 2.75) is 27.2 Å². The van der Waals surface area contributed by atoms with Crippen molar-refractivity contribution in [1.82, 2.24) is 14.7 Å². The third-order valence-corrected chi connectivity index (χ3v) is 6.02. The van der Waals surface area contributed by atoms with Crippen molar-refractivity contribution >= 4 is 27.8 Å². The second-order valence-electron chi connectivity index (χ2n) is 6.21. The first-order valence-corrected chi connectivity index (χ1v) is 10.2. The van der Waals surface area contributed by atoms with Crippen molar-refractivity contribution < 1.29 is 4.52 Å². The molecule has 0 aliphatic rings. The molecule has 0 aromatic carbocycles. The first-order chi connectivity index (χ1) is 12.6. The number of aromatic nitrogens is 3. The molecule has 0 unspecified atom stereocenters. The summed E-state index contributed by atoms with van der Waals surface area (Å²) in [5, 5.41) is 12.7. The highest BCUT2D eigenvalue weighted by molar-refractivity contribution is 7.14. The number of hydrogen-bond acceptors (Lipinski definition) is 6. The molecule has 0 atom stereocenters. The highest BCUT2D eigenvalue weighted by Crippen LogP contribution is 2.31. The van der Waals surface area contributed by atoms with Gasteiger partial charge in [0.1, 0.15) is 5.76 Å². The van der Waals surface area contributed by atoms with E-state index in [1.54, 1.807) is 22.7 Å². The van der Waals surface area contributed by atoms with Crippen LogP contribution in [0.4, 0.5) is 5.13 Å². The number of thiazole rings is 1. The Morgan fingerprint density at radius 3 is 2.81 bits per heavy atom.